The van der Waals surface area contributed by atoms with E-state index in [-0.39, 0.29) is 8.43 Å². The maximum atomic E-state index is 12.6. The van der Waals surface area contributed by atoms with Crippen LogP contribution < -0.4 is 0 Å². The first kappa shape index (κ1) is 11.1. The minimum atomic E-state index is -4.15. The Kier molecular flexibility index (Phi) is 3.14. The van der Waals surface area contributed by atoms with Crippen LogP contribution in [0, 0.1) is 0 Å². The Morgan fingerprint density at radius 3 is 2.60 bits per heavy atom. The molecule has 0 unspecified atom stereocenters. The molecule has 0 radical (unpaired) electrons. The Hall–Kier alpha value is -0.380. The Morgan fingerprint density at radius 2 is 2.00 bits per heavy atom. The second-order valence-electron chi connectivity index (χ2n) is 3.45. The van der Waals surface area contributed by atoms with Gasteiger partial charge in [0.15, 0.2) is 0 Å². The van der Waals surface area contributed by atoms with Crippen LogP contribution in [0.15, 0.2) is 42.6 Å². The first-order valence-electron chi connectivity index (χ1n) is 4.67. The summed E-state index contributed by atoms with van der Waals surface area (Å²) in [6, 6.07) is 0. The van der Waals surface area contributed by atoms with Crippen LogP contribution in [0.25, 0.3) is 0 Å². The zero-order valence-electron chi connectivity index (χ0n) is 9.93. The van der Waals surface area contributed by atoms with Gasteiger partial charge >= 0.3 is 97.7 Å². The Morgan fingerprint density at radius 1 is 1.20 bits per heavy atom. The molecule has 0 saturated heterocycles. The molecule has 0 aromatic carbocycles. The monoisotopic (exact) mass is 380 g/mol. The van der Waals surface area contributed by atoms with E-state index in [1.165, 1.54) is 9.41 Å². The van der Waals surface area contributed by atoms with Gasteiger partial charge in [-0.05, 0) is 0 Å². The standard InChI is InChI=1S/C6H4F3.C5H5.Hf.2H/c7-6(8,9)5-3-1-2-4-5;1-2-4-5-3-1;;;/h1,3H,2H2;1-3H,4H2;;;/q;;+2;2*-1. The van der Waals surface area contributed by atoms with E-state index >= 15 is 0 Å². The summed E-state index contributed by atoms with van der Waals surface area (Å²) in [6.45, 7) is 0. The van der Waals surface area contributed by atoms with Gasteiger partial charge in [-0.15, -0.1) is 0 Å². The van der Waals surface area contributed by atoms with Crippen LogP contribution in [-0.4, -0.2) is 6.18 Å². The van der Waals surface area contributed by atoms with Crippen LogP contribution in [0.1, 0.15) is 15.7 Å². The molecule has 2 aliphatic carbocycles. The van der Waals surface area contributed by atoms with Crippen molar-refractivity contribution in [3.8, 4) is 0 Å². The molecule has 0 atom stereocenters. The predicted molar refractivity (Wildman–Crippen MR) is 50.9 cm³/mol. The van der Waals surface area contributed by atoms with E-state index < -0.39 is 29.1 Å². The van der Waals surface area contributed by atoms with Crippen molar-refractivity contribution < 1.29 is 38.9 Å². The minimum absolute atomic E-state index is 0. The van der Waals surface area contributed by atoms with Crippen molar-refractivity contribution in [2.24, 2.45) is 0 Å². The fourth-order valence-electron chi connectivity index (χ4n) is 1.62. The fraction of sp³-hybridized carbons (Fsp3) is 0.273. The topological polar surface area (TPSA) is 0 Å². The Bertz CT molecular complexity index is 392. The number of halogens is 3. The molecule has 0 N–H and O–H groups in total. The van der Waals surface area contributed by atoms with Crippen molar-refractivity contribution >= 4 is 0 Å². The second-order valence-corrected chi connectivity index (χ2v) is 8.82. The van der Waals surface area contributed by atoms with Gasteiger partial charge in [0.25, 0.3) is 0 Å². The first-order chi connectivity index (χ1) is 7.07. The van der Waals surface area contributed by atoms with Gasteiger partial charge in [0.1, 0.15) is 0 Å². The summed E-state index contributed by atoms with van der Waals surface area (Å²) in [4.78, 5) is 0. The molecule has 2 rings (SSSR count). The molecule has 0 saturated carbocycles. The molecule has 2 aliphatic rings. The van der Waals surface area contributed by atoms with Crippen molar-refractivity contribution in [1.82, 2.24) is 0 Å². The first-order valence-corrected chi connectivity index (χ1v) is 8.26. The van der Waals surface area contributed by atoms with Gasteiger partial charge in [-0.1, -0.05) is 0 Å². The van der Waals surface area contributed by atoms with Crippen molar-refractivity contribution in [2.45, 2.75) is 19.0 Å². The van der Waals surface area contributed by atoms with Crippen LogP contribution in [0.4, 0.5) is 13.2 Å². The molecule has 0 aromatic rings. The van der Waals surface area contributed by atoms with Gasteiger partial charge in [-0.2, -0.15) is 0 Å². The summed E-state index contributed by atoms with van der Waals surface area (Å²) in [5.74, 6) is 0. The van der Waals surface area contributed by atoms with Gasteiger partial charge in [-0.3, -0.25) is 0 Å². The van der Waals surface area contributed by atoms with Crippen LogP contribution in [0.2, 0.25) is 0 Å². The fourth-order valence-corrected chi connectivity index (χ4v) is 6.53. The number of hydrogen-bond acceptors (Lipinski definition) is 0. The molecule has 15 heavy (non-hydrogen) atoms. The maximum absolute atomic E-state index is 12.6. The molecular weight excluding hydrogens is 368 g/mol. The number of rotatable bonds is 2. The van der Waals surface area contributed by atoms with Crippen LogP contribution >= 0.6 is 0 Å². The van der Waals surface area contributed by atoms with Crippen molar-refractivity contribution in [3.63, 3.8) is 0 Å². The average molecular weight is 379 g/mol. The zero-order chi connectivity index (χ0) is 10.9. The van der Waals surface area contributed by atoms with Crippen LogP contribution in [0.5, 0.6) is 0 Å². The molecule has 0 aliphatic heterocycles. The van der Waals surface area contributed by atoms with E-state index in [9.17, 15) is 13.2 Å². The quantitative estimate of drug-likeness (QED) is 0.639. The summed E-state index contributed by atoms with van der Waals surface area (Å²) in [7, 11) is 0. The summed E-state index contributed by atoms with van der Waals surface area (Å²) in [5, 5.41) is 0. The molecule has 0 fully saturated rings. The van der Waals surface area contributed by atoms with E-state index in [1.807, 2.05) is 18.2 Å². The molecule has 0 bridgehead atoms. The smallest absolute Gasteiger partial charge is 1.00 e. The van der Waals surface area contributed by atoms with E-state index in [1.54, 1.807) is 6.08 Å². The summed E-state index contributed by atoms with van der Waals surface area (Å²) >= 11 is -1.40. The third-order valence-corrected chi connectivity index (χ3v) is 7.59. The molecule has 4 heteroatoms. The molecule has 0 nitrogen and oxygen atoms in total. The molecular formula is C11H11F3Hf. The molecule has 0 amide bonds. The van der Waals surface area contributed by atoms with Crippen LogP contribution in [-0.2, 0) is 22.9 Å². The third kappa shape index (κ3) is 2.60. The van der Waals surface area contributed by atoms with E-state index in [2.05, 4.69) is 0 Å². The average Bonchev–Trinajstić information content (AvgIpc) is 2.73. The Balaban J connectivity index is 0.00000128. The number of hydrogen-bond donors (Lipinski definition) is 0. The summed E-state index contributed by atoms with van der Waals surface area (Å²) in [6.07, 6.45) is 6.06. The third-order valence-electron chi connectivity index (χ3n) is 2.32. The summed E-state index contributed by atoms with van der Waals surface area (Å²) in [5.41, 5.74) is -0.362. The maximum Gasteiger partial charge on any atom is -1.00 e. The molecule has 0 aromatic heterocycles. The predicted octanol–water partition coefficient (Wildman–Crippen LogP) is 3.91. The minimum Gasteiger partial charge on any atom is -1.00 e. The summed E-state index contributed by atoms with van der Waals surface area (Å²) < 4.78 is 39.7. The van der Waals surface area contributed by atoms with Gasteiger partial charge < -0.3 is 2.85 Å². The largest absolute Gasteiger partial charge is 1.00 e. The molecule has 80 valence electrons. The van der Waals surface area contributed by atoms with Gasteiger partial charge in [-0.25, -0.2) is 0 Å². The van der Waals surface area contributed by atoms with E-state index in [0.717, 1.165) is 6.42 Å². The van der Waals surface area contributed by atoms with Crippen molar-refractivity contribution in [1.29, 1.82) is 0 Å². The van der Waals surface area contributed by atoms with Crippen molar-refractivity contribution in [3.05, 3.63) is 42.6 Å². The van der Waals surface area contributed by atoms with Gasteiger partial charge in [0, 0.05) is 0 Å². The SMILES string of the molecule is FC(F)(F)C1=[C]([Hf+2][C]2=CC=CC2)CC=C1.[H-].[H-]. The van der Waals surface area contributed by atoms with Gasteiger partial charge in [0.2, 0.25) is 0 Å². The molecule has 0 heterocycles. The van der Waals surface area contributed by atoms with Crippen LogP contribution in [0.3, 0.4) is 0 Å². The molecule has 0 spiro atoms. The normalized spacial score (nSPS) is 19.8. The number of allylic oxidation sites excluding steroid dienone is 8. The van der Waals surface area contributed by atoms with E-state index in [0.29, 0.717) is 9.75 Å². The number of alkyl halides is 3. The zero-order valence-corrected chi connectivity index (χ0v) is 11.5. The second kappa shape index (κ2) is 4.24. The van der Waals surface area contributed by atoms with Gasteiger partial charge in [0.05, 0.1) is 0 Å². The Labute approximate surface area is 101 Å². The van der Waals surface area contributed by atoms with Crippen molar-refractivity contribution in [2.75, 3.05) is 0 Å². The van der Waals surface area contributed by atoms with E-state index in [4.69, 9.17) is 0 Å².